The molecule has 0 aromatic heterocycles. The number of anilines is 3. The fraction of sp³-hybridized carbons (Fsp3) is 0.167. The van der Waals surface area contributed by atoms with E-state index in [-0.39, 0.29) is 5.56 Å². The molecule has 3 aromatic carbocycles. The van der Waals surface area contributed by atoms with Crippen LogP contribution in [0.3, 0.4) is 0 Å². The van der Waals surface area contributed by atoms with Gasteiger partial charge in [-0.1, -0.05) is 18.2 Å². The van der Waals surface area contributed by atoms with E-state index in [2.05, 4.69) is 16.0 Å². The van der Waals surface area contributed by atoms with Crippen LogP contribution in [0.1, 0.15) is 23.2 Å². The zero-order valence-corrected chi connectivity index (χ0v) is 18.9. The van der Waals surface area contributed by atoms with Crippen LogP contribution < -0.4 is 16.0 Å². The second kappa shape index (κ2) is 10.0. The first-order valence-corrected chi connectivity index (χ1v) is 12.1. The van der Waals surface area contributed by atoms with Gasteiger partial charge in [-0.2, -0.15) is 4.31 Å². The number of sulfonamides is 1. The van der Waals surface area contributed by atoms with Gasteiger partial charge in [0, 0.05) is 35.7 Å². The van der Waals surface area contributed by atoms with Crippen LogP contribution in [0, 0.1) is 5.82 Å². The van der Waals surface area contributed by atoms with Gasteiger partial charge in [0.2, 0.25) is 10.0 Å². The van der Waals surface area contributed by atoms with Crippen molar-refractivity contribution in [2.24, 2.45) is 0 Å². The van der Waals surface area contributed by atoms with Crippen LogP contribution in [0.15, 0.2) is 77.7 Å². The third kappa shape index (κ3) is 5.41. The molecule has 176 valence electrons. The highest BCUT2D eigenvalue weighted by atomic mass is 32.2. The fourth-order valence-electron chi connectivity index (χ4n) is 3.56. The smallest absolute Gasteiger partial charge is 0.322 e. The minimum atomic E-state index is -4.01. The zero-order chi connectivity index (χ0) is 24.1. The molecular weight excluding hydrogens is 459 g/mol. The Hall–Kier alpha value is -3.76. The highest BCUT2D eigenvalue weighted by Gasteiger charge is 2.30. The number of carbonyl (C=O) groups is 2. The van der Waals surface area contributed by atoms with Gasteiger partial charge in [-0.25, -0.2) is 17.6 Å². The van der Waals surface area contributed by atoms with Gasteiger partial charge in [-0.05, 0) is 67.4 Å². The summed E-state index contributed by atoms with van der Waals surface area (Å²) in [6.45, 7) is 0.671. The summed E-state index contributed by atoms with van der Waals surface area (Å²) < 4.78 is 41.0. The average Bonchev–Trinajstić information content (AvgIpc) is 3.37. The van der Waals surface area contributed by atoms with Gasteiger partial charge in [0.05, 0.1) is 0 Å². The average molecular weight is 483 g/mol. The van der Waals surface area contributed by atoms with Crippen LogP contribution >= 0.6 is 0 Å². The molecule has 4 rings (SSSR count). The molecule has 3 amide bonds. The van der Waals surface area contributed by atoms with Crippen LogP contribution in [0.2, 0.25) is 0 Å². The van der Waals surface area contributed by atoms with Gasteiger partial charge in [-0.15, -0.1) is 0 Å². The quantitative estimate of drug-likeness (QED) is 0.481. The van der Waals surface area contributed by atoms with E-state index in [1.54, 1.807) is 48.5 Å². The highest BCUT2D eigenvalue weighted by molar-refractivity contribution is 7.89. The Balaban J connectivity index is 1.41. The second-order valence-corrected chi connectivity index (χ2v) is 9.64. The lowest BCUT2D eigenvalue weighted by Gasteiger charge is -2.16. The monoisotopic (exact) mass is 482 g/mol. The van der Waals surface area contributed by atoms with Crippen molar-refractivity contribution in [3.8, 4) is 0 Å². The molecule has 3 aromatic rings. The predicted molar refractivity (Wildman–Crippen MR) is 128 cm³/mol. The number of rotatable bonds is 6. The maximum Gasteiger partial charge on any atom is 0.323 e. The number of urea groups is 1. The van der Waals surface area contributed by atoms with Gasteiger partial charge in [0.15, 0.2) is 0 Å². The predicted octanol–water partition coefficient (Wildman–Crippen LogP) is 4.51. The van der Waals surface area contributed by atoms with E-state index in [1.165, 1.54) is 10.4 Å². The maximum atomic E-state index is 14.3. The molecule has 1 saturated heterocycles. The first-order chi connectivity index (χ1) is 16.3. The molecular formula is C24H23FN4O4S. The Bertz CT molecular complexity index is 1290. The topological polar surface area (TPSA) is 108 Å². The van der Waals surface area contributed by atoms with Gasteiger partial charge in [0.25, 0.3) is 5.91 Å². The van der Waals surface area contributed by atoms with Crippen molar-refractivity contribution in [3.05, 3.63) is 84.2 Å². The van der Waals surface area contributed by atoms with Crippen molar-refractivity contribution in [1.29, 1.82) is 0 Å². The largest absolute Gasteiger partial charge is 0.323 e. The van der Waals surface area contributed by atoms with E-state index in [4.69, 9.17) is 0 Å². The number of benzene rings is 3. The summed E-state index contributed by atoms with van der Waals surface area (Å²) in [4.78, 5) is 24.3. The lowest BCUT2D eigenvalue weighted by atomic mass is 10.2. The molecule has 0 bridgehead atoms. The number of amides is 3. The van der Waals surface area contributed by atoms with E-state index in [1.807, 2.05) is 6.07 Å². The summed E-state index contributed by atoms with van der Waals surface area (Å²) in [6.07, 6.45) is 1.44. The van der Waals surface area contributed by atoms with Crippen LogP contribution in [-0.2, 0) is 10.0 Å². The number of hydrogen-bond donors (Lipinski definition) is 3. The molecule has 0 saturated carbocycles. The summed E-state index contributed by atoms with van der Waals surface area (Å²) >= 11 is 0. The van der Waals surface area contributed by atoms with Crippen molar-refractivity contribution in [1.82, 2.24) is 4.31 Å². The molecule has 0 radical (unpaired) electrons. The molecule has 8 nitrogen and oxygen atoms in total. The van der Waals surface area contributed by atoms with E-state index in [9.17, 15) is 22.4 Å². The number of halogens is 1. The van der Waals surface area contributed by atoms with Crippen molar-refractivity contribution in [2.45, 2.75) is 17.7 Å². The van der Waals surface area contributed by atoms with Crippen LogP contribution in [0.4, 0.5) is 26.2 Å². The molecule has 3 N–H and O–H groups in total. The lowest BCUT2D eigenvalue weighted by molar-refractivity contribution is 0.102. The first-order valence-electron chi connectivity index (χ1n) is 10.7. The van der Waals surface area contributed by atoms with Crippen molar-refractivity contribution in [3.63, 3.8) is 0 Å². The molecule has 1 heterocycles. The van der Waals surface area contributed by atoms with E-state index < -0.39 is 32.7 Å². The number of carbonyl (C=O) groups excluding carboxylic acids is 2. The van der Waals surface area contributed by atoms with E-state index >= 15 is 0 Å². The zero-order valence-electron chi connectivity index (χ0n) is 18.1. The SMILES string of the molecule is O=C(Nc1ccccc1)Nc1ccc(NC(=O)c2ccc(F)c(S(=O)(=O)N3CCCC3)c2)cc1. The minimum Gasteiger partial charge on any atom is -0.322 e. The molecule has 0 atom stereocenters. The first kappa shape index (κ1) is 23.4. The molecule has 1 fully saturated rings. The minimum absolute atomic E-state index is 0.0172. The van der Waals surface area contributed by atoms with E-state index in [0.29, 0.717) is 30.2 Å². The Labute approximate surface area is 196 Å². The van der Waals surface area contributed by atoms with Crippen LogP contribution in [0.25, 0.3) is 0 Å². The number of nitrogens with one attached hydrogen (secondary N) is 3. The standard InChI is InChI=1S/C24H23FN4O4S/c25-21-13-8-17(16-22(21)34(32,33)29-14-4-5-15-29)23(30)26-19-9-11-20(12-10-19)28-24(31)27-18-6-2-1-3-7-18/h1-3,6-13,16H,4-5,14-15H2,(H,26,30)(H2,27,28,31). The summed E-state index contributed by atoms with van der Waals surface area (Å²) in [5, 5.41) is 8.03. The Morgan fingerprint density at radius 1 is 0.765 bits per heavy atom. The molecule has 1 aliphatic heterocycles. The molecule has 1 aliphatic rings. The third-order valence-electron chi connectivity index (χ3n) is 5.31. The van der Waals surface area contributed by atoms with Crippen molar-refractivity contribution >= 4 is 39.0 Å². The second-order valence-electron chi connectivity index (χ2n) is 7.73. The van der Waals surface area contributed by atoms with Crippen LogP contribution in [-0.4, -0.2) is 37.8 Å². The number of hydrogen-bond acceptors (Lipinski definition) is 4. The highest BCUT2D eigenvalue weighted by Crippen LogP contribution is 2.25. The summed E-state index contributed by atoms with van der Waals surface area (Å²) in [6, 6.07) is 18.2. The molecule has 10 heteroatoms. The lowest BCUT2D eigenvalue weighted by Crippen LogP contribution is -2.29. The maximum absolute atomic E-state index is 14.3. The number of nitrogens with zero attached hydrogens (tertiary/aromatic N) is 1. The molecule has 0 unspecified atom stereocenters. The third-order valence-corrected chi connectivity index (χ3v) is 7.22. The van der Waals surface area contributed by atoms with Crippen LogP contribution in [0.5, 0.6) is 0 Å². The molecule has 34 heavy (non-hydrogen) atoms. The van der Waals surface area contributed by atoms with Gasteiger partial charge in [-0.3, -0.25) is 4.79 Å². The Morgan fingerprint density at radius 3 is 1.94 bits per heavy atom. The normalized spacial score (nSPS) is 13.9. The summed E-state index contributed by atoms with van der Waals surface area (Å²) in [5.41, 5.74) is 1.59. The molecule has 0 spiro atoms. The Kier molecular flexibility index (Phi) is 6.90. The van der Waals surface area contributed by atoms with Gasteiger partial charge in [0.1, 0.15) is 10.7 Å². The van der Waals surface area contributed by atoms with Crippen molar-refractivity contribution in [2.75, 3.05) is 29.0 Å². The van der Waals surface area contributed by atoms with E-state index in [0.717, 1.165) is 25.0 Å². The Morgan fingerprint density at radius 2 is 1.32 bits per heavy atom. The van der Waals surface area contributed by atoms with Gasteiger partial charge >= 0.3 is 6.03 Å². The van der Waals surface area contributed by atoms with Gasteiger partial charge < -0.3 is 16.0 Å². The van der Waals surface area contributed by atoms with Crippen molar-refractivity contribution < 1.29 is 22.4 Å². The number of para-hydroxylation sites is 1. The summed E-state index contributed by atoms with van der Waals surface area (Å²) in [5.74, 6) is -1.48. The fourth-order valence-corrected chi connectivity index (χ4v) is 5.17. The molecule has 0 aliphatic carbocycles. The summed E-state index contributed by atoms with van der Waals surface area (Å²) in [7, 11) is -4.01.